The number of rotatable bonds is 12. The van der Waals surface area contributed by atoms with Crippen LogP contribution in [0.15, 0.2) is 59.7 Å². The molecule has 0 aromatic heterocycles. The number of aliphatic hydroxyl groups is 3. The van der Waals surface area contributed by atoms with Gasteiger partial charge >= 0.3 is 13.7 Å². The monoisotopic (exact) mass is 606 g/mol. The SMILES string of the molecule is CCCCOC(=O)[C@H](C)NP(=O)(Oc1cccc2ccccc12)O[C@H](C)[C@H]1O[C@@H](N2C=CC(N)=NC2O)[C@](C)(O)[C@@H]1O. The van der Waals surface area contributed by atoms with Gasteiger partial charge < -0.3 is 40.0 Å². The molecule has 0 saturated carbocycles. The van der Waals surface area contributed by atoms with Gasteiger partial charge in [-0.15, -0.1) is 0 Å². The van der Waals surface area contributed by atoms with Gasteiger partial charge in [-0.05, 0) is 44.7 Å². The number of carbonyl (C=O) groups is 1. The van der Waals surface area contributed by atoms with E-state index in [1.807, 2.05) is 25.1 Å². The van der Waals surface area contributed by atoms with Crippen LogP contribution < -0.4 is 15.3 Å². The molecule has 230 valence electrons. The minimum Gasteiger partial charge on any atom is -0.465 e. The first-order valence-electron chi connectivity index (χ1n) is 13.8. The number of unbranched alkanes of at least 4 members (excludes halogenated alkanes) is 1. The lowest BCUT2D eigenvalue weighted by molar-refractivity contribution is -0.162. The van der Waals surface area contributed by atoms with E-state index in [1.165, 1.54) is 37.9 Å². The number of hydrogen-bond donors (Lipinski definition) is 5. The van der Waals surface area contributed by atoms with E-state index in [2.05, 4.69) is 10.1 Å². The van der Waals surface area contributed by atoms with Gasteiger partial charge in [0.1, 0.15) is 35.4 Å². The van der Waals surface area contributed by atoms with Crippen LogP contribution in [0, 0.1) is 0 Å². The number of ether oxygens (including phenoxy) is 2. The summed E-state index contributed by atoms with van der Waals surface area (Å²) in [6, 6.07) is 11.4. The lowest BCUT2D eigenvalue weighted by Crippen LogP contribution is -2.55. The number of esters is 1. The molecule has 0 radical (unpaired) electrons. The molecular weight excluding hydrogens is 567 g/mol. The highest BCUT2D eigenvalue weighted by Crippen LogP contribution is 2.49. The molecule has 1 saturated heterocycles. The molecule has 2 aliphatic rings. The fraction of sp³-hybridized carbons (Fsp3) is 0.500. The molecule has 6 N–H and O–H groups in total. The predicted octanol–water partition coefficient (Wildman–Crippen LogP) is 2.35. The molecule has 0 amide bonds. The Morgan fingerprint density at radius 1 is 1.24 bits per heavy atom. The average Bonchev–Trinajstić information content (AvgIpc) is 3.17. The quantitative estimate of drug-likeness (QED) is 0.135. The maximum Gasteiger partial charge on any atom is 0.459 e. The second kappa shape index (κ2) is 13.1. The van der Waals surface area contributed by atoms with E-state index in [0.717, 1.165) is 11.8 Å². The zero-order valence-corrected chi connectivity index (χ0v) is 24.9. The number of nitrogens with one attached hydrogen (secondary N) is 1. The second-order valence-electron chi connectivity index (χ2n) is 10.5. The largest absolute Gasteiger partial charge is 0.465 e. The Labute approximate surface area is 244 Å². The summed E-state index contributed by atoms with van der Waals surface area (Å²) >= 11 is 0. The molecule has 8 atom stereocenters. The molecule has 0 bridgehead atoms. The van der Waals surface area contributed by atoms with Crippen molar-refractivity contribution in [2.24, 2.45) is 10.7 Å². The summed E-state index contributed by atoms with van der Waals surface area (Å²) in [6.45, 7) is 6.45. The van der Waals surface area contributed by atoms with Crippen molar-refractivity contribution < 1.29 is 43.2 Å². The van der Waals surface area contributed by atoms with E-state index in [9.17, 15) is 24.7 Å². The van der Waals surface area contributed by atoms with Crippen LogP contribution in [0.4, 0.5) is 0 Å². The Hall–Kier alpha value is -3.03. The average molecular weight is 607 g/mol. The molecule has 2 unspecified atom stereocenters. The van der Waals surface area contributed by atoms with Crippen LogP contribution in [0.1, 0.15) is 40.5 Å². The highest BCUT2D eigenvalue weighted by Gasteiger charge is 2.57. The molecule has 2 heterocycles. The summed E-state index contributed by atoms with van der Waals surface area (Å²) < 4.78 is 37.5. The first-order chi connectivity index (χ1) is 19.9. The van der Waals surface area contributed by atoms with Crippen molar-refractivity contribution in [1.82, 2.24) is 9.99 Å². The third-order valence-electron chi connectivity index (χ3n) is 7.10. The number of nitrogens with zero attached hydrogens (tertiary/aromatic N) is 2. The van der Waals surface area contributed by atoms with E-state index in [1.54, 1.807) is 24.3 Å². The zero-order valence-electron chi connectivity index (χ0n) is 24.0. The Morgan fingerprint density at radius 3 is 2.67 bits per heavy atom. The predicted molar refractivity (Wildman–Crippen MR) is 155 cm³/mol. The van der Waals surface area contributed by atoms with Crippen LogP contribution in [-0.4, -0.2) is 81.2 Å². The molecule has 2 aromatic rings. The van der Waals surface area contributed by atoms with Crippen molar-refractivity contribution in [1.29, 1.82) is 0 Å². The van der Waals surface area contributed by atoms with Gasteiger partial charge in [-0.25, -0.2) is 9.56 Å². The van der Waals surface area contributed by atoms with Gasteiger partial charge in [-0.3, -0.25) is 9.32 Å². The topological polar surface area (TPSA) is 185 Å². The van der Waals surface area contributed by atoms with Crippen LogP contribution in [0.5, 0.6) is 5.75 Å². The molecule has 0 spiro atoms. The fourth-order valence-electron chi connectivity index (χ4n) is 4.75. The van der Waals surface area contributed by atoms with Crippen LogP contribution >= 0.6 is 7.75 Å². The van der Waals surface area contributed by atoms with Gasteiger partial charge in [0, 0.05) is 11.6 Å². The highest BCUT2D eigenvalue weighted by atomic mass is 31.2. The maximum absolute atomic E-state index is 14.3. The molecule has 4 rings (SSSR count). The van der Waals surface area contributed by atoms with Crippen molar-refractivity contribution in [3.05, 3.63) is 54.7 Å². The number of carbonyl (C=O) groups excluding carboxylic acids is 1. The Balaban J connectivity index is 1.59. The number of fused-ring (bicyclic) bond motifs is 1. The number of nitrogens with two attached hydrogens (primary N) is 1. The Bertz CT molecular complexity index is 1360. The fourth-order valence-corrected chi connectivity index (χ4v) is 6.47. The second-order valence-corrected chi connectivity index (χ2v) is 12.2. The number of aliphatic imine (C=N–C) groups is 1. The molecule has 14 heteroatoms. The van der Waals surface area contributed by atoms with Crippen LogP contribution in [0.25, 0.3) is 10.8 Å². The normalized spacial score (nSPS) is 28.6. The van der Waals surface area contributed by atoms with Crippen molar-refractivity contribution in [3.8, 4) is 5.75 Å². The standard InChI is InChI=1S/C28H39N4O9P/c1-5-6-16-38-25(34)17(2)31-42(37,41-21-13-9-11-19-10-7-8-12-20(19)21)40-18(3)23-24(33)28(4,36)26(39-23)32-15-14-22(29)30-27(32)35/h7-15,17-18,23-24,26-27,33,35-36H,5-6,16H2,1-4H3,(H2,29,30)(H,31,37)/t17-,18+,23+,24+,26+,27?,28+,42?/m0/s1. The van der Waals surface area contributed by atoms with E-state index in [0.29, 0.717) is 11.8 Å². The summed E-state index contributed by atoms with van der Waals surface area (Å²) in [5.41, 5.74) is 3.72. The smallest absolute Gasteiger partial charge is 0.459 e. The van der Waals surface area contributed by atoms with E-state index in [4.69, 9.17) is 24.3 Å². The van der Waals surface area contributed by atoms with Gasteiger partial charge in [0.2, 0.25) is 6.35 Å². The van der Waals surface area contributed by atoms with Gasteiger partial charge in [0.25, 0.3) is 0 Å². The molecule has 1 fully saturated rings. The number of amidine groups is 1. The number of aliphatic hydroxyl groups excluding tert-OH is 2. The van der Waals surface area contributed by atoms with E-state index in [-0.39, 0.29) is 18.2 Å². The molecule has 13 nitrogen and oxygen atoms in total. The first kappa shape index (κ1) is 31.9. The third-order valence-corrected chi connectivity index (χ3v) is 8.85. The lowest BCUT2D eigenvalue weighted by Gasteiger charge is -2.37. The van der Waals surface area contributed by atoms with E-state index < -0.39 is 56.3 Å². The van der Waals surface area contributed by atoms with Gasteiger partial charge in [-0.1, -0.05) is 49.7 Å². The number of hydrogen-bond acceptors (Lipinski definition) is 12. The van der Waals surface area contributed by atoms with Crippen LogP contribution in [0.3, 0.4) is 0 Å². The zero-order chi connectivity index (χ0) is 30.7. The van der Waals surface area contributed by atoms with Crippen molar-refractivity contribution in [2.45, 2.75) is 83.1 Å². The summed E-state index contributed by atoms with van der Waals surface area (Å²) in [6.07, 6.45) is -2.41. The van der Waals surface area contributed by atoms with Crippen molar-refractivity contribution >= 4 is 30.3 Å². The maximum atomic E-state index is 14.3. The van der Waals surface area contributed by atoms with Crippen LogP contribution in [-0.2, 0) is 23.4 Å². The lowest BCUT2D eigenvalue weighted by atomic mass is 9.94. The summed E-state index contributed by atoms with van der Waals surface area (Å²) in [7, 11) is -4.38. The van der Waals surface area contributed by atoms with Gasteiger partial charge in [-0.2, -0.15) is 5.09 Å². The third kappa shape index (κ3) is 6.95. The van der Waals surface area contributed by atoms with Gasteiger partial charge in [0.05, 0.1) is 12.7 Å². The Morgan fingerprint density at radius 2 is 1.95 bits per heavy atom. The van der Waals surface area contributed by atoms with Crippen molar-refractivity contribution in [3.63, 3.8) is 0 Å². The minimum atomic E-state index is -4.38. The molecule has 2 aromatic carbocycles. The first-order valence-corrected chi connectivity index (χ1v) is 15.3. The summed E-state index contributed by atoms with van der Waals surface area (Å²) in [4.78, 5) is 17.7. The van der Waals surface area contributed by atoms with E-state index >= 15 is 0 Å². The van der Waals surface area contributed by atoms with Gasteiger partial charge in [0.15, 0.2) is 6.23 Å². The molecule has 42 heavy (non-hydrogen) atoms. The number of benzene rings is 2. The summed E-state index contributed by atoms with van der Waals surface area (Å²) in [5, 5.41) is 36.8. The van der Waals surface area contributed by atoms with Crippen LogP contribution in [0.2, 0.25) is 0 Å². The summed E-state index contributed by atoms with van der Waals surface area (Å²) in [5.74, 6) is -0.338. The Kier molecular flexibility index (Phi) is 9.94. The highest BCUT2D eigenvalue weighted by molar-refractivity contribution is 7.52. The molecule has 0 aliphatic carbocycles. The molecule has 2 aliphatic heterocycles. The molecular formula is C28H39N4O9P. The van der Waals surface area contributed by atoms with Crippen molar-refractivity contribution in [2.75, 3.05) is 6.61 Å². The minimum absolute atomic E-state index is 0.0742.